The van der Waals surface area contributed by atoms with E-state index in [1.54, 1.807) is 11.3 Å². The third-order valence-electron chi connectivity index (χ3n) is 10.4. The van der Waals surface area contributed by atoms with E-state index in [4.69, 9.17) is 24.4 Å². The molecule has 0 unspecified atom stereocenters. The van der Waals surface area contributed by atoms with Crippen LogP contribution in [0.15, 0.2) is 186 Å². The molecule has 11 aromatic rings. The Labute approximate surface area is 326 Å². The molecule has 8 aromatic carbocycles. The Morgan fingerprint density at radius 3 is 1.66 bits per heavy atom. The molecule has 0 aliphatic rings. The zero-order chi connectivity index (χ0) is 37.0. The van der Waals surface area contributed by atoms with Crippen LogP contribution < -0.4 is 0 Å². The molecular formula is C50H30N4OS. The van der Waals surface area contributed by atoms with Crippen LogP contribution in [0.1, 0.15) is 0 Å². The summed E-state index contributed by atoms with van der Waals surface area (Å²) in [5, 5.41) is 4.50. The molecule has 3 heterocycles. The van der Waals surface area contributed by atoms with E-state index in [9.17, 15) is 0 Å². The highest BCUT2D eigenvalue weighted by molar-refractivity contribution is 7.26. The van der Waals surface area contributed by atoms with Gasteiger partial charge >= 0.3 is 0 Å². The van der Waals surface area contributed by atoms with E-state index < -0.39 is 0 Å². The lowest BCUT2D eigenvalue weighted by atomic mass is 9.98. The maximum Gasteiger partial charge on any atom is 0.227 e. The first kappa shape index (κ1) is 32.2. The van der Waals surface area contributed by atoms with Crippen molar-refractivity contribution in [3.63, 3.8) is 0 Å². The summed E-state index contributed by atoms with van der Waals surface area (Å²) in [6, 6.07) is 62.8. The average Bonchev–Trinajstić information content (AvgIpc) is 3.89. The maximum atomic E-state index is 6.34. The van der Waals surface area contributed by atoms with Crippen LogP contribution in [0.2, 0.25) is 0 Å². The summed E-state index contributed by atoms with van der Waals surface area (Å²) < 4.78 is 8.69. The summed E-state index contributed by atoms with van der Waals surface area (Å²) in [6.45, 7) is 0. The average molecular weight is 735 g/mol. The SMILES string of the molecule is c1ccc(-c2ccc(-c3nc(-c4ccc5ccc6sc7ccc8oc(-c9ccccc9)nc8c7c6c5c4)nc(-c4ccccc4-c4ccccc4)n3)cc2)cc1. The minimum Gasteiger partial charge on any atom is -0.436 e. The number of hydrogen-bond acceptors (Lipinski definition) is 6. The fraction of sp³-hybridized carbons (Fsp3) is 0. The topological polar surface area (TPSA) is 64.7 Å². The highest BCUT2D eigenvalue weighted by Crippen LogP contribution is 2.43. The predicted molar refractivity (Wildman–Crippen MR) is 230 cm³/mol. The van der Waals surface area contributed by atoms with E-state index in [1.165, 1.54) is 9.40 Å². The molecule has 0 saturated carbocycles. The molecule has 262 valence electrons. The Morgan fingerprint density at radius 2 is 0.911 bits per heavy atom. The molecule has 56 heavy (non-hydrogen) atoms. The number of benzene rings is 8. The first-order chi connectivity index (χ1) is 27.7. The van der Waals surface area contributed by atoms with Crippen molar-refractivity contribution < 1.29 is 4.42 Å². The molecule has 6 heteroatoms. The van der Waals surface area contributed by atoms with Crippen LogP contribution in [-0.2, 0) is 0 Å². The van der Waals surface area contributed by atoms with Crippen molar-refractivity contribution in [2.45, 2.75) is 0 Å². The summed E-state index contributed by atoms with van der Waals surface area (Å²) in [6.07, 6.45) is 0. The molecule has 0 fully saturated rings. The lowest BCUT2D eigenvalue weighted by Crippen LogP contribution is -2.01. The number of rotatable bonds is 6. The normalized spacial score (nSPS) is 11.6. The fourth-order valence-electron chi connectivity index (χ4n) is 7.65. The van der Waals surface area contributed by atoms with Gasteiger partial charge in [0.1, 0.15) is 5.52 Å². The first-order valence-corrected chi connectivity index (χ1v) is 19.4. The van der Waals surface area contributed by atoms with Crippen LogP contribution in [0.3, 0.4) is 0 Å². The number of nitrogens with zero attached hydrogens (tertiary/aromatic N) is 4. The van der Waals surface area contributed by atoms with Gasteiger partial charge in [-0.25, -0.2) is 19.9 Å². The minimum atomic E-state index is 0.608. The van der Waals surface area contributed by atoms with Gasteiger partial charge in [-0.15, -0.1) is 11.3 Å². The van der Waals surface area contributed by atoms with Crippen molar-refractivity contribution in [2.24, 2.45) is 0 Å². The second-order valence-corrected chi connectivity index (χ2v) is 14.9. The van der Waals surface area contributed by atoms with Gasteiger partial charge in [0.15, 0.2) is 23.1 Å². The molecule has 0 bridgehead atoms. The molecule has 0 saturated heterocycles. The number of oxazole rings is 1. The van der Waals surface area contributed by atoms with Crippen LogP contribution in [0.5, 0.6) is 0 Å². The van der Waals surface area contributed by atoms with E-state index in [0.29, 0.717) is 23.4 Å². The third kappa shape index (κ3) is 5.54. The zero-order valence-corrected chi connectivity index (χ0v) is 30.7. The Morgan fingerprint density at radius 1 is 0.375 bits per heavy atom. The van der Waals surface area contributed by atoms with Crippen LogP contribution in [0.4, 0.5) is 0 Å². The Balaban J connectivity index is 1.12. The second kappa shape index (κ2) is 13.2. The van der Waals surface area contributed by atoms with Crippen LogP contribution >= 0.6 is 11.3 Å². The molecule has 0 aliphatic carbocycles. The number of aromatic nitrogens is 4. The Bertz CT molecular complexity index is 3230. The second-order valence-electron chi connectivity index (χ2n) is 13.8. The molecule has 0 amide bonds. The fourth-order valence-corrected chi connectivity index (χ4v) is 8.77. The summed E-state index contributed by atoms with van der Waals surface area (Å²) >= 11 is 1.77. The Hall–Kier alpha value is -7.28. The molecule has 0 spiro atoms. The molecule has 0 radical (unpaired) electrons. The minimum absolute atomic E-state index is 0.608. The van der Waals surface area contributed by atoms with E-state index >= 15 is 0 Å². The van der Waals surface area contributed by atoms with Gasteiger partial charge in [-0.1, -0.05) is 146 Å². The highest BCUT2D eigenvalue weighted by atomic mass is 32.1. The van der Waals surface area contributed by atoms with Gasteiger partial charge in [0, 0.05) is 42.4 Å². The molecular weight excluding hydrogens is 705 g/mol. The largest absolute Gasteiger partial charge is 0.436 e. The summed E-state index contributed by atoms with van der Waals surface area (Å²) in [5.74, 6) is 2.46. The van der Waals surface area contributed by atoms with Crippen LogP contribution in [0.25, 0.3) is 110 Å². The maximum absolute atomic E-state index is 6.34. The van der Waals surface area contributed by atoms with Crippen molar-refractivity contribution in [3.8, 4) is 67.9 Å². The summed E-state index contributed by atoms with van der Waals surface area (Å²) in [4.78, 5) is 20.6. The Kier molecular flexibility index (Phi) is 7.60. The van der Waals surface area contributed by atoms with Gasteiger partial charge in [-0.3, -0.25) is 0 Å². The monoisotopic (exact) mass is 734 g/mol. The van der Waals surface area contributed by atoms with Crippen molar-refractivity contribution >= 4 is 53.4 Å². The van der Waals surface area contributed by atoms with Crippen molar-refractivity contribution in [3.05, 3.63) is 182 Å². The van der Waals surface area contributed by atoms with Gasteiger partial charge in [0.05, 0.1) is 0 Å². The quantitative estimate of drug-likeness (QED) is 0.170. The van der Waals surface area contributed by atoms with E-state index in [-0.39, 0.29) is 0 Å². The van der Waals surface area contributed by atoms with Gasteiger partial charge in [-0.05, 0) is 69.4 Å². The molecule has 0 N–H and O–H groups in total. The van der Waals surface area contributed by atoms with Crippen LogP contribution in [-0.4, -0.2) is 19.9 Å². The third-order valence-corrected chi connectivity index (χ3v) is 11.5. The predicted octanol–water partition coefficient (Wildman–Crippen LogP) is 13.5. The molecule has 0 atom stereocenters. The lowest BCUT2D eigenvalue weighted by Gasteiger charge is -2.13. The highest BCUT2D eigenvalue weighted by Gasteiger charge is 2.19. The number of fused-ring (bicyclic) bond motifs is 7. The molecule has 11 rings (SSSR count). The van der Waals surface area contributed by atoms with Gasteiger partial charge in [0.2, 0.25) is 5.89 Å². The number of hydrogen-bond donors (Lipinski definition) is 0. The zero-order valence-electron chi connectivity index (χ0n) is 29.9. The first-order valence-electron chi connectivity index (χ1n) is 18.5. The number of thiophene rings is 1. The summed E-state index contributed by atoms with van der Waals surface area (Å²) in [7, 11) is 0. The summed E-state index contributed by atoms with van der Waals surface area (Å²) in [5.41, 5.74) is 9.82. The van der Waals surface area contributed by atoms with Crippen molar-refractivity contribution in [1.82, 2.24) is 19.9 Å². The van der Waals surface area contributed by atoms with Gasteiger partial charge < -0.3 is 4.42 Å². The standard InChI is InChI=1S/C50H30N4OS/c1-4-12-31(13-5-1)32-20-23-35(24-21-32)47-52-48(54-49(53-47)39-19-11-10-18-38(39)33-14-6-2-7-15-33)37-25-22-34-26-28-42-44(40(34)30-37)45-43(56-42)29-27-41-46(45)51-50(55-41)36-16-8-3-9-17-36/h1-30H. The van der Waals surface area contributed by atoms with Gasteiger partial charge in [-0.2, -0.15) is 0 Å². The van der Waals surface area contributed by atoms with Crippen LogP contribution in [0, 0.1) is 0 Å². The van der Waals surface area contributed by atoms with Crippen molar-refractivity contribution in [1.29, 1.82) is 0 Å². The van der Waals surface area contributed by atoms with Crippen molar-refractivity contribution in [2.75, 3.05) is 0 Å². The lowest BCUT2D eigenvalue weighted by molar-refractivity contribution is 0.620. The smallest absolute Gasteiger partial charge is 0.227 e. The molecule has 3 aromatic heterocycles. The van der Waals surface area contributed by atoms with E-state index in [2.05, 4.69) is 127 Å². The van der Waals surface area contributed by atoms with E-state index in [1.807, 2.05) is 54.6 Å². The van der Waals surface area contributed by atoms with E-state index in [0.717, 1.165) is 77.2 Å². The molecule has 0 aliphatic heterocycles. The molecule has 5 nitrogen and oxygen atoms in total. The van der Waals surface area contributed by atoms with Gasteiger partial charge in [0.25, 0.3) is 0 Å².